The molecule has 0 amide bonds. The first-order valence-electron chi connectivity index (χ1n) is 5.77. The Morgan fingerprint density at radius 2 is 2.25 bits per heavy atom. The van der Waals surface area contributed by atoms with Crippen molar-refractivity contribution >= 4 is 0 Å². The minimum absolute atomic E-state index is 0.172. The molecule has 1 aliphatic carbocycles. The summed E-state index contributed by atoms with van der Waals surface area (Å²) in [7, 11) is 1.58. The molecular formula is C13H18FNO. The Bertz CT molecular complexity index is 380. The van der Waals surface area contributed by atoms with Crippen molar-refractivity contribution in [2.24, 2.45) is 11.7 Å². The first kappa shape index (κ1) is 11.4. The van der Waals surface area contributed by atoms with Gasteiger partial charge >= 0.3 is 0 Å². The molecule has 0 spiro atoms. The van der Waals surface area contributed by atoms with Crippen molar-refractivity contribution in [3.05, 3.63) is 29.6 Å². The highest BCUT2D eigenvalue weighted by molar-refractivity contribution is 5.39. The molecule has 1 aliphatic rings. The van der Waals surface area contributed by atoms with Gasteiger partial charge in [-0.05, 0) is 30.4 Å². The fourth-order valence-corrected chi connectivity index (χ4v) is 2.72. The Labute approximate surface area is 95.6 Å². The largest absolute Gasteiger partial charge is 0.496 e. The summed E-state index contributed by atoms with van der Waals surface area (Å²) in [5, 5.41) is 0. The predicted molar refractivity (Wildman–Crippen MR) is 62.1 cm³/mol. The van der Waals surface area contributed by atoms with E-state index >= 15 is 0 Å². The normalized spacial score (nSPS) is 28.6. The molecule has 88 valence electrons. The average Bonchev–Trinajstić information content (AvgIpc) is 2.26. The second-order valence-corrected chi connectivity index (χ2v) is 4.43. The fourth-order valence-electron chi connectivity index (χ4n) is 2.72. The number of methoxy groups -OCH3 is 1. The third-order valence-corrected chi connectivity index (χ3v) is 3.67. The molecule has 0 radical (unpaired) electrons. The summed E-state index contributed by atoms with van der Waals surface area (Å²) in [4.78, 5) is 0. The van der Waals surface area contributed by atoms with E-state index in [0.29, 0.717) is 17.2 Å². The first-order chi connectivity index (χ1) is 7.69. The maximum absolute atomic E-state index is 13.8. The minimum Gasteiger partial charge on any atom is -0.496 e. The molecule has 1 saturated carbocycles. The van der Waals surface area contributed by atoms with Crippen LogP contribution in [0.2, 0.25) is 0 Å². The summed E-state index contributed by atoms with van der Waals surface area (Å²) >= 11 is 0. The van der Waals surface area contributed by atoms with Crippen LogP contribution >= 0.6 is 0 Å². The summed E-state index contributed by atoms with van der Waals surface area (Å²) in [6.45, 7) is 2.10. The molecule has 3 unspecified atom stereocenters. The molecule has 16 heavy (non-hydrogen) atoms. The lowest BCUT2D eigenvalue weighted by atomic mass is 9.65. The van der Waals surface area contributed by atoms with E-state index in [4.69, 9.17) is 10.5 Å². The van der Waals surface area contributed by atoms with Crippen LogP contribution in [-0.4, -0.2) is 13.2 Å². The number of benzene rings is 1. The van der Waals surface area contributed by atoms with Crippen LogP contribution in [0.5, 0.6) is 5.75 Å². The van der Waals surface area contributed by atoms with Gasteiger partial charge in [-0.3, -0.25) is 0 Å². The lowest BCUT2D eigenvalue weighted by molar-refractivity contribution is 0.190. The van der Waals surface area contributed by atoms with E-state index in [2.05, 4.69) is 6.92 Å². The van der Waals surface area contributed by atoms with E-state index in [9.17, 15) is 4.39 Å². The molecule has 2 rings (SSSR count). The molecule has 3 atom stereocenters. The zero-order valence-electron chi connectivity index (χ0n) is 9.74. The molecule has 2 nitrogen and oxygen atoms in total. The Balaban J connectivity index is 2.33. The molecule has 2 N–H and O–H groups in total. The van der Waals surface area contributed by atoms with E-state index in [1.165, 1.54) is 6.07 Å². The van der Waals surface area contributed by atoms with Crippen molar-refractivity contribution in [1.82, 2.24) is 0 Å². The zero-order valence-corrected chi connectivity index (χ0v) is 9.74. The number of hydrogen-bond donors (Lipinski definition) is 1. The van der Waals surface area contributed by atoms with Gasteiger partial charge in [-0.1, -0.05) is 19.4 Å². The number of nitrogens with two attached hydrogens (primary N) is 1. The molecule has 0 aromatic heterocycles. The third kappa shape index (κ3) is 1.69. The maximum Gasteiger partial charge on any atom is 0.130 e. The van der Waals surface area contributed by atoms with Crippen molar-refractivity contribution in [2.45, 2.75) is 31.7 Å². The van der Waals surface area contributed by atoms with Crippen molar-refractivity contribution in [1.29, 1.82) is 0 Å². The van der Waals surface area contributed by atoms with Crippen LogP contribution in [0.4, 0.5) is 4.39 Å². The van der Waals surface area contributed by atoms with Gasteiger partial charge in [0.2, 0.25) is 0 Å². The highest BCUT2D eigenvalue weighted by atomic mass is 19.1. The number of hydrogen-bond acceptors (Lipinski definition) is 2. The van der Waals surface area contributed by atoms with Gasteiger partial charge < -0.3 is 10.5 Å². The molecule has 0 saturated heterocycles. The van der Waals surface area contributed by atoms with Crippen molar-refractivity contribution in [2.75, 3.05) is 7.11 Å². The first-order valence-corrected chi connectivity index (χ1v) is 5.77. The Morgan fingerprint density at radius 3 is 2.81 bits per heavy atom. The highest BCUT2D eigenvalue weighted by Crippen LogP contribution is 2.47. The van der Waals surface area contributed by atoms with Crippen LogP contribution in [0.3, 0.4) is 0 Å². The van der Waals surface area contributed by atoms with Gasteiger partial charge in [0, 0.05) is 11.6 Å². The smallest absolute Gasteiger partial charge is 0.130 e. The van der Waals surface area contributed by atoms with Crippen LogP contribution in [0.25, 0.3) is 0 Å². The molecule has 1 fully saturated rings. The summed E-state index contributed by atoms with van der Waals surface area (Å²) in [6.07, 6.45) is 1.85. The van der Waals surface area contributed by atoms with Gasteiger partial charge in [0.1, 0.15) is 11.6 Å². The van der Waals surface area contributed by atoms with Crippen LogP contribution in [0, 0.1) is 11.7 Å². The molecule has 0 bridgehead atoms. The summed E-state index contributed by atoms with van der Waals surface area (Å²) in [5.74, 6) is 1.08. The van der Waals surface area contributed by atoms with Crippen molar-refractivity contribution in [3.63, 3.8) is 0 Å². The van der Waals surface area contributed by atoms with E-state index in [1.807, 2.05) is 6.07 Å². The molecule has 1 aromatic carbocycles. The SMILES string of the molecule is CCC1C(N)CC1c1c(F)cccc1OC. The molecule has 1 aromatic rings. The monoisotopic (exact) mass is 223 g/mol. The van der Waals surface area contributed by atoms with Gasteiger partial charge in [0.15, 0.2) is 0 Å². The lowest BCUT2D eigenvalue weighted by Gasteiger charge is -2.43. The van der Waals surface area contributed by atoms with Crippen molar-refractivity contribution < 1.29 is 9.13 Å². The lowest BCUT2D eigenvalue weighted by Crippen LogP contribution is -2.45. The van der Waals surface area contributed by atoms with Crippen LogP contribution < -0.4 is 10.5 Å². The average molecular weight is 223 g/mol. The summed E-state index contributed by atoms with van der Waals surface area (Å²) in [6, 6.07) is 5.19. The Kier molecular flexibility index (Phi) is 3.15. The number of halogens is 1. The van der Waals surface area contributed by atoms with Gasteiger partial charge in [-0.25, -0.2) is 4.39 Å². The van der Waals surface area contributed by atoms with E-state index in [0.717, 1.165) is 12.8 Å². The molecular weight excluding hydrogens is 205 g/mol. The highest BCUT2D eigenvalue weighted by Gasteiger charge is 2.40. The fraction of sp³-hybridized carbons (Fsp3) is 0.538. The summed E-state index contributed by atoms with van der Waals surface area (Å²) < 4.78 is 19.1. The zero-order chi connectivity index (χ0) is 11.7. The number of rotatable bonds is 3. The van der Waals surface area contributed by atoms with Crippen LogP contribution in [-0.2, 0) is 0 Å². The van der Waals surface area contributed by atoms with Crippen LogP contribution in [0.1, 0.15) is 31.2 Å². The predicted octanol–water partition coefficient (Wildman–Crippen LogP) is 2.68. The molecule has 3 heteroatoms. The number of ether oxygens (including phenoxy) is 1. The Hall–Kier alpha value is -1.09. The molecule has 0 aliphatic heterocycles. The third-order valence-electron chi connectivity index (χ3n) is 3.67. The second-order valence-electron chi connectivity index (χ2n) is 4.43. The van der Waals surface area contributed by atoms with Gasteiger partial charge in [-0.15, -0.1) is 0 Å². The summed E-state index contributed by atoms with van der Waals surface area (Å²) in [5.41, 5.74) is 6.65. The quantitative estimate of drug-likeness (QED) is 0.855. The van der Waals surface area contributed by atoms with Crippen LogP contribution in [0.15, 0.2) is 18.2 Å². The van der Waals surface area contributed by atoms with E-state index in [-0.39, 0.29) is 17.8 Å². The van der Waals surface area contributed by atoms with Gasteiger partial charge in [0.25, 0.3) is 0 Å². The standard InChI is InChI=1S/C13H18FNO/c1-3-8-9(7-11(8)15)13-10(14)5-4-6-12(13)16-2/h4-6,8-9,11H,3,7,15H2,1-2H3. The van der Waals surface area contributed by atoms with Gasteiger partial charge in [-0.2, -0.15) is 0 Å². The topological polar surface area (TPSA) is 35.2 Å². The van der Waals surface area contributed by atoms with E-state index in [1.54, 1.807) is 13.2 Å². The second kappa shape index (κ2) is 4.42. The molecule has 0 heterocycles. The van der Waals surface area contributed by atoms with Crippen molar-refractivity contribution in [3.8, 4) is 5.75 Å². The Morgan fingerprint density at radius 1 is 1.50 bits per heavy atom. The van der Waals surface area contributed by atoms with Gasteiger partial charge in [0.05, 0.1) is 7.11 Å². The van der Waals surface area contributed by atoms with E-state index < -0.39 is 0 Å². The maximum atomic E-state index is 13.8. The minimum atomic E-state index is -0.172.